The summed E-state index contributed by atoms with van der Waals surface area (Å²) in [6, 6.07) is 2.78. The lowest BCUT2D eigenvalue weighted by molar-refractivity contribution is -0.151. The highest BCUT2D eigenvalue weighted by atomic mass is 32.2. The third-order valence-electron chi connectivity index (χ3n) is 5.30. The molecule has 15 heteroatoms. The average Bonchev–Trinajstić information content (AvgIpc) is 3.34. The normalized spacial score (nSPS) is 23.5. The summed E-state index contributed by atoms with van der Waals surface area (Å²) in [5, 5.41) is 21.8. The smallest absolute Gasteiger partial charge is 0.322 e. The van der Waals surface area contributed by atoms with Gasteiger partial charge in [0.1, 0.15) is 29.0 Å². The van der Waals surface area contributed by atoms with E-state index in [0.29, 0.717) is 6.41 Å². The number of fused-ring (bicyclic) bond motifs is 1. The van der Waals surface area contributed by atoms with Crippen LogP contribution >= 0.6 is 34.9 Å². The summed E-state index contributed by atoms with van der Waals surface area (Å²) in [6.07, 6.45) is 5.54. The number of hydrogen-bond donors (Lipinski definition) is 3. The van der Waals surface area contributed by atoms with Crippen molar-refractivity contribution in [3.8, 4) is 0 Å². The van der Waals surface area contributed by atoms with Crippen LogP contribution in [0.15, 0.2) is 40.5 Å². The fourth-order valence-corrected chi connectivity index (χ4v) is 6.85. The quantitative estimate of drug-likeness (QED) is 0.169. The molecule has 3 atom stereocenters. The van der Waals surface area contributed by atoms with E-state index >= 15 is 0 Å². The largest absolute Gasteiger partial charge is 0.480 e. The first-order valence-electron chi connectivity index (χ1n) is 10.4. The van der Waals surface area contributed by atoms with Crippen LogP contribution in [0.1, 0.15) is 11.3 Å². The molecule has 2 fully saturated rings. The molecule has 0 bridgehead atoms. The van der Waals surface area contributed by atoms with Gasteiger partial charge in [0.25, 0.3) is 5.91 Å². The monoisotopic (exact) mass is 548 g/mol. The summed E-state index contributed by atoms with van der Waals surface area (Å²) >= 11 is 3.52. The zero-order chi connectivity index (χ0) is 25.7. The van der Waals surface area contributed by atoms with Gasteiger partial charge in [0.15, 0.2) is 10.8 Å². The third kappa shape index (κ3) is 5.22. The molecule has 2 aliphatic heterocycles. The zero-order valence-electron chi connectivity index (χ0n) is 18.7. The van der Waals surface area contributed by atoms with Crippen molar-refractivity contribution in [1.29, 1.82) is 0 Å². The highest BCUT2D eigenvalue weighted by Crippen LogP contribution is 2.44. The number of aromatic nitrogens is 2. The van der Waals surface area contributed by atoms with E-state index in [4.69, 9.17) is 4.84 Å². The first-order valence-corrected chi connectivity index (χ1v) is 13.2. The molecule has 2 aliphatic rings. The van der Waals surface area contributed by atoms with Gasteiger partial charge < -0.3 is 25.5 Å². The Morgan fingerprint density at radius 3 is 2.97 bits per heavy atom. The second kappa shape index (κ2) is 11.1. The lowest BCUT2D eigenvalue weighted by Crippen LogP contribution is -2.74. The number of amides is 3. The van der Waals surface area contributed by atoms with Crippen molar-refractivity contribution in [1.82, 2.24) is 20.2 Å². The van der Waals surface area contributed by atoms with Gasteiger partial charge in [-0.05, 0) is 23.1 Å². The van der Waals surface area contributed by atoms with E-state index in [-0.39, 0.29) is 34.7 Å². The second-order valence-electron chi connectivity index (χ2n) is 7.55. The molecule has 4 rings (SSSR count). The second-order valence-corrected chi connectivity index (χ2v) is 10.8. The molecule has 36 heavy (non-hydrogen) atoms. The summed E-state index contributed by atoms with van der Waals surface area (Å²) in [5.41, 5.74) is 0.846. The van der Waals surface area contributed by atoms with Crippen LogP contribution in [0, 0.1) is 0 Å². The number of carboxylic acid groups (broad SMARTS) is 1. The summed E-state index contributed by atoms with van der Waals surface area (Å²) < 4.78 is -1.23. The lowest BCUT2D eigenvalue weighted by atomic mass is 10.0. The van der Waals surface area contributed by atoms with E-state index in [9.17, 15) is 24.3 Å². The Morgan fingerprint density at radius 1 is 1.44 bits per heavy atom. The number of thioether (sulfide) groups is 2. The van der Waals surface area contributed by atoms with Crippen LogP contribution in [0.2, 0.25) is 0 Å². The lowest BCUT2D eigenvalue weighted by Gasteiger charge is -2.53. The number of nitrogens with one attached hydrogen (secondary N) is 2. The summed E-state index contributed by atoms with van der Waals surface area (Å²) in [5.74, 6) is -1.85. The van der Waals surface area contributed by atoms with Crippen molar-refractivity contribution in [3.63, 3.8) is 0 Å². The Labute approximate surface area is 217 Å². The maximum absolute atomic E-state index is 12.9. The van der Waals surface area contributed by atoms with Gasteiger partial charge in [-0.1, -0.05) is 11.2 Å². The van der Waals surface area contributed by atoms with Crippen LogP contribution in [0.4, 0.5) is 5.13 Å². The Balaban J connectivity index is 1.42. The molecule has 0 aliphatic carbocycles. The fourth-order valence-electron chi connectivity index (χ4n) is 3.52. The average molecular weight is 549 g/mol. The third-order valence-corrected chi connectivity index (χ3v) is 8.95. The predicted octanol–water partition coefficient (Wildman–Crippen LogP) is 1.08. The number of anilines is 1. The van der Waals surface area contributed by atoms with Crippen LogP contribution in [-0.4, -0.2) is 85.4 Å². The molecule has 188 valence electrons. The molecule has 3 amide bonds. The molecule has 2 aromatic heterocycles. The van der Waals surface area contributed by atoms with Crippen LogP contribution in [-0.2, 0) is 24.0 Å². The number of hydrogen-bond acceptors (Lipinski definition) is 11. The van der Waals surface area contributed by atoms with Gasteiger partial charge in [-0.15, -0.1) is 34.9 Å². The molecular formula is C21H20N6O6S3. The highest BCUT2D eigenvalue weighted by molar-refractivity contribution is 8.06. The molecule has 2 unspecified atom stereocenters. The number of pyridine rings is 1. The Morgan fingerprint density at radius 2 is 2.28 bits per heavy atom. The molecule has 12 nitrogen and oxygen atoms in total. The minimum Gasteiger partial charge on any atom is -0.480 e. The number of carboxylic acids is 1. The SMILES string of the molecule is CON=C(C(=O)NC1C(=O)N2CC(SC=Cc3cccnc3)(C(=O)O)CS[C@H]12)c1csc(NC=O)n1. The van der Waals surface area contributed by atoms with Crippen molar-refractivity contribution in [2.24, 2.45) is 5.16 Å². The standard InChI is InChI=1S/C21H20N6O6S3/c1-33-26-14(13-8-34-20(24-13)23-11-28)16(29)25-15-17(30)27-9-21(19(31)32,10-35-18(15)27)36-6-4-12-3-2-5-22-7-12/h2-8,11,15,18H,9-10H2,1H3,(H,25,29)(H,31,32)(H,23,24,28)/t15?,18-,21?/m1/s1. The number of thiazole rings is 1. The number of carbonyl (C=O) groups excluding carboxylic acids is 3. The van der Waals surface area contributed by atoms with Crippen LogP contribution in [0.25, 0.3) is 6.08 Å². The molecule has 2 saturated heterocycles. The first kappa shape index (κ1) is 25.7. The van der Waals surface area contributed by atoms with Gasteiger partial charge in [0.2, 0.25) is 12.3 Å². The van der Waals surface area contributed by atoms with E-state index < -0.39 is 28.0 Å². The van der Waals surface area contributed by atoms with Crippen LogP contribution in [0.5, 0.6) is 0 Å². The summed E-state index contributed by atoms with van der Waals surface area (Å²) in [4.78, 5) is 62.9. The van der Waals surface area contributed by atoms with Gasteiger partial charge >= 0.3 is 5.97 Å². The van der Waals surface area contributed by atoms with E-state index in [2.05, 4.69) is 25.8 Å². The Hall–Kier alpha value is -3.43. The summed E-state index contributed by atoms with van der Waals surface area (Å²) in [7, 11) is 1.27. The van der Waals surface area contributed by atoms with Gasteiger partial charge in [-0.25, -0.2) is 4.98 Å². The minimum atomic E-state index is -1.23. The van der Waals surface area contributed by atoms with Crippen molar-refractivity contribution in [3.05, 3.63) is 46.6 Å². The predicted molar refractivity (Wildman–Crippen MR) is 136 cm³/mol. The number of oxime groups is 1. The fraction of sp³-hybridized carbons (Fsp3) is 0.286. The molecule has 0 radical (unpaired) electrons. The zero-order valence-corrected chi connectivity index (χ0v) is 21.1. The molecule has 2 aromatic rings. The molecular weight excluding hydrogens is 528 g/mol. The molecule has 0 aromatic carbocycles. The van der Waals surface area contributed by atoms with Crippen LogP contribution in [0.3, 0.4) is 0 Å². The Kier molecular flexibility index (Phi) is 7.91. The van der Waals surface area contributed by atoms with Crippen molar-refractivity contribution in [2.45, 2.75) is 16.2 Å². The number of carbonyl (C=O) groups is 4. The van der Waals surface area contributed by atoms with Gasteiger partial charge in [-0.3, -0.25) is 24.2 Å². The van der Waals surface area contributed by atoms with Gasteiger partial charge in [0, 0.05) is 30.1 Å². The highest BCUT2D eigenvalue weighted by Gasteiger charge is 2.57. The molecule has 0 spiro atoms. The van der Waals surface area contributed by atoms with E-state index in [0.717, 1.165) is 28.7 Å². The number of nitrogens with zero attached hydrogens (tertiary/aromatic N) is 4. The first-order chi connectivity index (χ1) is 17.4. The molecule has 0 saturated carbocycles. The number of rotatable bonds is 10. The van der Waals surface area contributed by atoms with E-state index in [1.807, 2.05) is 6.07 Å². The van der Waals surface area contributed by atoms with Crippen molar-refractivity contribution >= 4 is 76.0 Å². The van der Waals surface area contributed by atoms with Crippen LogP contribution < -0.4 is 10.6 Å². The van der Waals surface area contributed by atoms with Gasteiger partial charge in [-0.2, -0.15) is 0 Å². The summed E-state index contributed by atoms with van der Waals surface area (Å²) in [6.45, 7) is -0.000914. The number of aliphatic carboxylic acids is 1. The van der Waals surface area contributed by atoms with Crippen molar-refractivity contribution < 1.29 is 29.1 Å². The van der Waals surface area contributed by atoms with E-state index in [1.165, 1.54) is 29.2 Å². The van der Waals surface area contributed by atoms with Gasteiger partial charge in [0.05, 0.1) is 0 Å². The van der Waals surface area contributed by atoms with Crippen molar-refractivity contribution in [2.75, 3.05) is 24.7 Å². The van der Waals surface area contributed by atoms with E-state index in [1.54, 1.807) is 29.9 Å². The topological polar surface area (TPSA) is 163 Å². The number of β-lactam (4-membered cyclic amide) rings is 1. The maximum atomic E-state index is 12.9. The maximum Gasteiger partial charge on any atom is 0.322 e. The Bertz CT molecular complexity index is 1220. The molecule has 4 heterocycles. The molecule has 3 N–H and O–H groups in total. The minimum absolute atomic E-state index is 0.000914.